The van der Waals surface area contributed by atoms with Gasteiger partial charge in [-0.3, -0.25) is 0 Å². The van der Waals surface area contributed by atoms with Crippen LogP contribution in [0.25, 0.3) is 0 Å². The first-order valence-corrected chi connectivity index (χ1v) is 4.55. The number of rotatable bonds is 1. The summed E-state index contributed by atoms with van der Waals surface area (Å²) in [6.07, 6.45) is 4.34. The lowest BCUT2D eigenvalue weighted by molar-refractivity contribution is 0.463. The molecule has 4 saturated carbocycles. The lowest BCUT2D eigenvalue weighted by atomic mass is 10.0. The van der Waals surface area contributed by atoms with Gasteiger partial charge in [0.2, 0.25) is 0 Å². The highest BCUT2D eigenvalue weighted by Gasteiger charge is 2.76. The van der Waals surface area contributed by atoms with Crippen molar-refractivity contribution in [3.63, 3.8) is 0 Å². The molecule has 4 bridgehead atoms. The zero-order valence-electron chi connectivity index (χ0n) is 6.51. The fourth-order valence-corrected chi connectivity index (χ4v) is 4.06. The Morgan fingerprint density at radius 2 is 2.40 bits per heavy atom. The van der Waals surface area contributed by atoms with Gasteiger partial charge in [0.1, 0.15) is 0 Å². The molecule has 1 nitrogen and oxygen atoms in total. The quantitative estimate of drug-likeness (QED) is 0.580. The summed E-state index contributed by atoms with van der Waals surface area (Å²) in [5, 5.41) is 0. The van der Waals surface area contributed by atoms with Gasteiger partial charge in [0, 0.05) is 6.04 Å². The van der Waals surface area contributed by atoms with Crippen molar-refractivity contribution in [1.29, 1.82) is 0 Å². The van der Waals surface area contributed by atoms with E-state index in [1.54, 1.807) is 0 Å². The van der Waals surface area contributed by atoms with Gasteiger partial charge < -0.3 is 5.73 Å². The van der Waals surface area contributed by atoms with E-state index in [1.807, 2.05) is 0 Å². The number of nitrogens with two attached hydrogens (primary N) is 1. The zero-order valence-corrected chi connectivity index (χ0v) is 6.51. The van der Waals surface area contributed by atoms with Crippen LogP contribution >= 0.6 is 0 Å². The second-order valence-corrected chi connectivity index (χ2v) is 4.50. The van der Waals surface area contributed by atoms with E-state index in [9.17, 15) is 0 Å². The molecular formula is C9H15N. The van der Waals surface area contributed by atoms with Gasteiger partial charge in [0.15, 0.2) is 0 Å². The molecule has 0 aromatic carbocycles. The SMILES string of the molecule is CC[C@]12C[C@@H]3C[C@H]1[C@H]2[C@H]3N. The summed E-state index contributed by atoms with van der Waals surface area (Å²) in [6.45, 7) is 2.34. The third kappa shape index (κ3) is 0.334. The van der Waals surface area contributed by atoms with Crippen LogP contribution in [0.2, 0.25) is 0 Å². The normalized spacial score (nSPS) is 69.0. The Kier molecular flexibility index (Phi) is 0.722. The Balaban J connectivity index is 2.01. The number of hydrogen-bond donors (Lipinski definition) is 1. The van der Waals surface area contributed by atoms with Gasteiger partial charge in [0.05, 0.1) is 0 Å². The lowest BCUT2D eigenvalue weighted by Crippen LogP contribution is -2.23. The summed E-state index contributed by atoms with van der Waals surface area (Å²) < 4.78 is 0. The minimum atomic E-state index is 0.602. The Hall–Kier alpha value is -0.0400. The molecule has 2 N–H and O–H groups in total. The van der Waals surface area contributed by atoms with Crippen molar-refractivity contribution in [3.8, 4) is 0 Å². The molecule has 4 rings (SSSR count). The van der Waals surface area contributed by atoms with Crippen LogP contribution < -0.4 is 5.73 Å². The molecule has 0 aliphatic heterocycles. The topological polar surface area (TPSA) is 26.0 Å². The maximum Gasteiger partial charge on any atom is 0.0104 e. The molecule has 4 aliphatic carbocycles. The summed E-state index contributed by atoms with van der Waals surface area (Å²) in [5.41, 5.74) is 6.85. The fraction of sp³-hybridized carbons (Fsp3) is 1.00. The molecule has 0 aromatic rings. The largest absolute Gasteiger partial charge is 0.327 e. The van der Waals surface area contributed by atoms with Crippen molar-refractivity contribution in [2.75, 3.05) is 0 Å². The molecule has 0 radical (unpaired) electrons. The third-order valence-electron chi connectivity index (χ3n) is 4.54. The summed E-state index contributed by atoms with van der Waals surface area (Å²) in [7, 11) is 0. The van der Waals surface area contributed by atoms with Gasteiger partial charge in [0.25, 0.3) is 0 Å². The van der Waals surface area contributed by atoms with Gasteiger partial charge in [-0.15, -0.1) is 0 Å². The molecule has 0 spiro atoms. The molecule has 5 atom stereocenters. The van der Waals surface area contributed by atoms with Gasteiger partial charge in [-0.2, -0.15) is 0 Å². The maximum absolute atomic E-state index is 6.07. The van der Waals surface area contributed by atoms with E-state index in [4.69, 9.17) is 5.73 Å². The van der Waals surface area contributed by atoms with E-state index in [-0.39, 0.29) is 0 Å². The van der Waals surface area contributed by atoms with E-state index in [0.29, 0.717) is 6.04 Å². The average molecular weight is 137 g/mol. The smallest absolute Gasteiger partial charge is 0.0104 e. The molecule has 56 valence electrons. The molecular weight excluding hydrogens is 122 g/mol. The molecule has 1 heteroatoms. The highest BCUT2D eigenvalue weighted by molar-refractivity contribution is 5.26. The fourth-order valence-electron chi connectivity index (χ4n) is 4.06. The van der Waals surface area contributed by atoms with E-state index in [1.165, 1.54) is 19.3 Å². The molecule has 10 heavy (non-hydrogen) atoms. The van der Waals surface area contributed by atoms with Crippen LogP contribution in [-0.4, -0.2) is 6.04 Å². The first-order chi connectivity index (χ1) is 4.79. The molecule has 0 heterocycles. The van der Waals surface area contributed by atoms with Crippen molar-refractivity contribution in [3.05, 3.63) is 0 Å². The zero-order chi connectivity index (χ0) is 6.93. The number of hydrogen-bond acceptors (Lipinski definition) is 1. The van der Waals surface area contributed by atoms with Crippen LogP contribution in [0.5, 0.6) is 0 Å². The van der Waals surface area contributed by atoms with Gasteiger partial charge in [-0.25, -0.2) is 0 Å². The predicted octanol–water partition coefficient (Wildman–Crippen LogP) is 1.38. The van der Waals surface area contributed by atoms with E-state index in [0.717, 1.165) is 23.2 Å². The summed E-state index contributed by atoms with van der Waals surface area (Å²) in [6, 6.07) is 0.602. The van der Waals surface area contributed by atoms with Crippen molar-refractivity contribution in [2.24, 2.45) is 28.9 Å². The van der Waals surface area contributed by atoms with Crippen molar-refractivity contribution in [1.82, 2.24) is 0 Å². The molecule has 4 aliphatic rings. The molecule has 4 fully saturated rings. The van der Waals surface area contributed by atoms with Crippen molar-refractivity contribution in [2.45, 2.75) is 32.2 Å². The molecule has 0 aromatic heterocycles. The Morgan fingerprint density at radius 1 is 1.60 bits per heavy atom. The summed E-state index contributed by atoms with van der Waals surface area (Å²) >= 11 is 0. The Bertz CT molecular complexity index is 189. The highest BCUT2D eigenvalue weighted by atomic mass is 14.9. The average Bonchev–Trinajstić information content (AvgIpc) is 2.36. The van der Waals surface area contributed by atoms with E-state index < -0.39 is 0 Å². The second kappa shape index (κ2) is 1.29. The molecule has 0 amide bonds. The maximum atomic E-state index is 6.07. The van der Waals surface area contributed by atoms with Gasteiger partial charge in [-0.05, 0) is 42.4 Å². The minimum Gasteiger partial charge on any atom is -0.327 e. The first kappa shape index (κ1) is 5.59. The van der Waals surface area contributed by atoms with E-state index in [2.05, 4.69) is 6.92 Å². The van der Waals surface area contributed by atoms with Gasteiger partial charge >= 0.3 is 0 Å². The van der Waals surface area contributed by atoms with Crippen molar-refractivity contribution < 1.29 is 0 Å². The monoisotopic (exact) mass is 137 g/mol. The second-order valence-electron chi connectivity index (χ2n) is 4.50. The molecule has 0 unspecified atom stereocenters. The lowest BCUT2D eigenvalue weighted by Gasteiger charge is -2.04. The molecule has 0 saturated heterocycles. The summed E-state index contributed by atoms with van der Waals surface area (Å²) in [4.78, 5) is 0. The van der Waals surface area contributed by atoms with Crippen LogP contribution in [0.1, 0.15) is 26.2 Å². The van der Waals surface area contributed by atoms with Crippen LogP contribution in [0.3, 0.4) is 0 Å². The van der Waals surface area contributed by atoms with Crippen LogP contribution in [0, 0.1) is 23.2 Å². The van der Waals surface area contributed by atoms with Crippen LogP contribution in [0.4, 0.5) is 0 Å². The Labute approximate surface area is 62.0 Å². The van der Waals surface area contributed by atoms with Crippen LogP contribution in [0.15, 0.2) is 0 Å². The van der Waals surface area contributed by atoms with Crippen LogP contribution in [-0.2, 0) is 0 Å². The van der Waals surface area contributed by atoms with Gasteiger partial charge in [-0.1, -0.05) is 6.92 Å². The minimum absolute atomic E-state index is 0.602. The first-order valence-electron chi connectivity index (χ1n) is 4.55. The Morgan fingerprint density at radius 3 is 2.60 bits per heavy atom. The standard InChI is InChI=1S/C9H15N/c1-2-9-4-5-3-6(9)7(9)8(5)10/h5-8H,2-4,10H2,1H3/t5-,6-,7-,8-,9-/m0/s1. The predicted molar refractivity (Wildman–Crippen MR) is 40.4 cm³/mol. The van der Waals surface area contributed by atoms with Crippen molar-refractivity contribution >= 4 is 0 Å². The summed E-state index contributed by atoms with van der Waals surface area (Å²) in [5.74, 6) is 2.95. The van der Waals surface area contributed by atoms with E-state index >= 15 is 0 Å². The third-order valence-corrected chi connectivity index (χ3v) is 4.54. The highest BCUT2D eigenvalue weighted by Crippen LogP contribution is 2.79.